The third-order valence-electron chi connectivity index (χ3n) is 2.76. The lowest BCUT2D eigenvalue weighted by molar-refractivity contribution is -0.122. The largest absolute Gasteiger partial charge is 0.497 e. The molecular formula is C14H21NO3. The molecule has 100 valence electrons. The van der Waals surface area contributed by atoms with E-state index in [0.29, 0.717) is 12.8 Å². The van der Waals surface area contributed by atoms with E-state index in [-0.39, 0.29) is 11.9 Å². The van der Waals surface area contributed by atoms with Crippen LogP contribution in [0.2, 0.25) is 0 Å². The minimum absolute atomic E-state index is 0.0498. The predicted octanol–water partition coefficient (Wildman–Crippen LogP) is 2.03. The molecule has 0 heterocycles. The molecule has 0 aliphatic heterocycles. The standard InChI is InChI=1S/C14H21NO3/c1-10(16)7-8-14(17)15-11(2)12-5-4-6-13(9-12)18-3/h4-6,9-11,16H,7-8H2,1-3H3,(H,15,17)/t10?,11-/m1/s1. The van der Waals surface area contributed by atoms with E-state index in [0.717, 1.165) is 11.3 Å². The molecule has 1 aromatic rings. The molecule has 4 nitrogen and oxygen atoms in total. The number of methoxy groups -OCH3 is 1. The molecule has 2 atom stereocenters. The Morgan fingerprint density at radius 2 is 2.17 bits per heavy atom. The van der Waals surface area contributed by atoms with Gasteiger partial charge in [-0.25, -0.2) is 0 Å². The van der Waals surface area contributed by atoms with Gasteiger partial charge in [-0.15, -0.1) is 0 Å². The molecule has 1 rings (SSSR count). The lowest BCUT2D eigenvalue weighted by Crippen LogP contribution is -2.27. The van der Waals surface area contributed by atoms with Crippen molar-refractivity contribution in [2.45, 2.75) is 38.8 Å². The van der Waals surface area contributed by atoms with E-state index >= 15 is 0 Å². The first-order valence-electron chi connectivity index (χ1n) is 6.14. The minimum Gasteiger partial charge on any atom is -0.497 e. The smallest absolute Gasteiger partial charge is 0.220 e. The van der Waals surface area contributed by atoms with Crippen molar-refractivity contribution in [2.75, 3.05) is 7.11 Å². The number of aliphatic hydroxyl groups excluding tert-OH is 1. The Bertz CT molecular complexity index is 390. The van der Waals surface area contributed by atoms with Crippen LogP contribution in [0, 0.1) is 0 Å². The van der Waals surface area contributed by atoms with Crippen LogP contribution in [-0.2, 0) is 4.79 Å². The van der Waals surface area contributed by atoms with E-state index in [4.69, 9.17) is 9.84 Å². The van der Waals surface area contributed by atoms with Crippen molar-refractivity contribution in [3.05, 3.63) is 29.8 Å². The minimum atomic E-state index is -0.442. The van der Waals surface area contributed by atoms with Gasteiger partial charge in [0, 0.05) is 6.42 Å². The number of benzene rings is 1. The zero-order chi connectivity index (χ0) is 13.5. The van der Waals surface area contributed by atoms with E-state index < -0.39 is 6.10 Å². The normalized spacial score (nSPS) is 13.8. The van der Waals surface area contributed by atoms with Gasteiger partial charge in [-0.1, -0.05) is 12.1 Å². The highest BCUT2D eigenvalue weighted by molar-refractivity contribution is 5.76. The number of amides is 1. The average Bonchev–Trinajstić information content (AvgIpc) is 2.36. The lowest BCUT2D eigenvalue weighted by atomic mass is 10.1. The number of nitrogens with one attached hydrogen (secondary N) is 1. The number of carbonyl (C=O) groups excluding carboxylic acids is 1. The summed E-state index contributed by atoms with van der Waals surface area (Å²) in [6.07, 6.45) is 0.380. The summed E-state index contributed by atoms with van der Waals surface area (Å²) in [6, 6.07) is 7.54. The molecule has 1 aromatic carbocycles. The summed E-state index contributed by atoms with van der Waals surface area (Å²) in [5.41, 5.74) is 1.000. The molecule has 18 heavy (non-hydrogen) atoms. The zero-order valence-electron chi connectivity index (χ0n) is 11.1. The predicted molar refractivity (Wildman–Crippen MR) is 70.5 cm³/mol. The molecule has 1 amide bonds. The second kappa shape index (κ2) is 7.01. The number of aliphatic hydroxyl groups is 1. The summed E-state index contributed by atoms with van der Waals surface area (Å²) < 4.78 is 5.14. The Labute approximate surface area is 108 Å². The maximum Gasteiger partial charge on any atom is 0.220 e. The number of hydrogen-bond donors (Lipinski definition) is 2. The van der Waals surface area contributed by atoms with Gasteiger partial charge in [0.15, 0.2) is 0 Å². The third-order valence-corrected chi connectivity index (χ3v) is 2.76. The van der Waals surface area contributed by atoms with Crippen LogP contribution in [0.15, 0.2) is 24.3 Å². The molecular weight excluding hydrogens is 230 g/mol. The SMILES string of the molecule is COc1cccc([C@@H](C)NC(=O)CCC(C)O)c1. The Kier molecular flexibility index (Phi) is 5.65. The van der Waals surface area contributed by atoms with Crippen molar-refractivity contribution in [1.82, 2.24) is 5.32 Å². The van der Waals surface area contributed by atoms with Crippen molar-refractivity contribution in [3.63, 3.8) is 0 Å². The van der Waals surface area contributed by atoms with Crippen molar-refractivity contribution < 1.29 is 14.6 Å². The van der Waals surface area contributed by atoms with Crippen molar-refractivity contribution in [2.24, 2.45) is 0 Å². The van der Waals surface area contributed by atoms with E-state index in [9.17, 15) is 4.79 Å². The summed E-state index contributed by atoms with van der Waals surface area (Å²) >= 11 is 0. The molecule has 0 saturated carbocycles. The first kappa shape index (κ1) is 14.5. The Balaban J connectivity index is 2.53. The molecule has 0 saturated heterocycles. The monoisotopic (exact) mass is 251 g/mol. The van der Waals surface area contributed by atoms with Gasteiger partial charge in [0.1, 0.15) is 5.75 Å². The van der Waals surface area contributed by atoms with Gasteiger partial charge < -0.3 is 15.2 Å². The van der Waals surface area contributed by atoms with Crippen LogP contribution in [0.25, 0.3) is 0 Å². The summed E-state index contributed by atoms with van der Waals surface area (Å²) in [4.78, 5) is 11.6. The van der Waals surface area contributed by atoms with Crippen LogP contribution >= 0.6 is 0 Å². The van der Waals surface area contributed by atoms with Crippen LogP contribution in [0.1, 0.15) is 38.3 Å². The van der Waals surface area contributed by atoms with Gasteiger partial charge in [0.2, 0.25) is 5.91 Å². The summed E-state index contributed by atoms with van der Waals surface area (Å²) in [5.74, 6) is 0.726. The second-order valence-corrected chi connectivity index (χ2v) is 4.45. The molecule has 0 aliphatic rings. The van der Waals surface area contributed by atoms with E-state index in [1.165, 1.54) is 0 Å². The molecule has 0 bridgehead atoms. The Morgan fingerprint density at radius 3 is 2.78 bits per heavy atom. The van der Waals surface area contributed by atoms with Crippen LogP contribution in [0.5, 0.6) is 5.75 Å². The van der Waals surface area contributed by atoms with E-state index in [1.54, 1.807) is 14.0 Å². The number of carbonyl (C=O) groups is 1. The lowest BCUT2D eigenvalue weighted by Gasteiger charge is -2.15. The first-order chi connectivity index (χ1) is 8.52. The summed E-state index contributed by atoms with van der Waals surface area (Å²) in [7, 11) is 1.62. The third kappa shape index (κ3) is 4.75. The van der Waals surface area contributed by atoms with Gasteiger partial charge in [-0.05, 0) is 38.0 Å². The molecule has 0 radical (unpaired) electrons. The molecule has 4 heteroatoms. The Morgan fingerprint density at radius 1 is 1.44 bits per heavy atom. The molecule has 1 unspecified atom stereocenters. The van der Waals surface area contributed by atoms with E-state index in [2.05, 4.69) is 5.32 Å². The Hall–Kier alpha value is -1.55. The highest BCUT2D eigenvalue weighted by Crippen LogP contribution is 2.18. The summed E-state index contributed by atoms with van der Waals surface area (Å²) in [5, 5.41) is 12.0. The van der Waals surface area contributed by atoms with E-state index in [1.807, 2.05) is 31.2 Å². The first-order valence-corrected chi connectivity index (χ1v) is 6.14. The molecule has 0 spiro atoms. The molecule has 0 aromatic heterocycles. The quantitative estimate of drug-likeness (QED) is 0.813. The second-order valence-electron chi connectivity index (χ2n) is 4.45. The van der Waals surface area contributed by atoms with Crippen molar-refractivity contribution >= 4 is 5.91 Å². The van der Waals surface area contributed by atoms with Crippen LogP contribution in [-0.4, -0.2) is 24.2 Å². The fourth-order valence-corrected chi connectivity index (χ4v) is 1.65. The molecule has 2 N–H and O–H groups in total. The summed E-state index contributed by atoms with van der Waals surface area (Å²) in [6.45, 7) is 3.60. The van der Waals surface area contributed by atoms with Gasteiger partial charge in [-0.3, -0.25) is 4.79 Å². The molecule has 0 aliphatic carbocycles. The molecule has 0 fully saturated rings. The van der Waals surface area contributed by atoms with Crippen molar-refractivity contribution in [1.29, 1.82) is 0 Å². The average molecular weight is 251 g/mol. The number of rotatable bonds is 6. The zero-order valence-corrected chi connectivity index (χ0v) is 11.1. The van der Waals surface area contributed by atoms with Crippen LogP contribution < -0.4 is 10.1 Å². The number of hydrogen-bond acceptors (Lipinski definition) is 3. The van der Waals surface area contributed by atoms with Crippen molar-refractivity contribution in [3.8, 4) is 5.75 Å². The topological polar surface area (TPSA) is 58.6 Å². The van der Waals surface area contributed by atoms with Crippen LogP contribution in [0.4, 0.5) is 0 Å². The van der Waals surface area contributed by atoms with Gasteiger partial charge in [-0.2, -0.15) is 0 Å². The van der Waals surface area contributed by atoms with Gasteiger partial charge in [0.25, 0.3) is 0 Å². The fraction of sp³-hybridized carbons (Fsp3) is 0.500. The van der Waals surface area contributed by atoms with Gasteiger partial charge in [0.05, 0.1) is 19.3 Å². The highest BCUT2D eigenvalue weighted by atomic mass is 16.5. The maximum atomic E-state index is 11.6. The van der Waals surface area contributed by atoms with Gasteiger partial charge >= 0.3 is 0 Å². The highest BCUT2D eigenvalue weighted by Gasteiger charge is 2.10. The van der Waals surface area contributed by atoms with Crippen LogP contribution in [0.3, 0.4) is 0 Å². The number of ether oxygens (including phenoxy) is 1. The maximum absolute atomic E-state index is 11.6. The fourth-order valence-electron chi connectivity index (χ4n) is 1.65.